The molecule has 0 radical (unpaired) electrons. The molecule has 1 amide bonds. The second-order valence-corrected chi connectivity index (χ2v) is 9.84. The van der Waals surface area contributed by atoms with Gasteiger partial charge in [-0.15, -0.1) is 12.4 Å². The number of carbonyl (C=O) groups is 1. The van der Waals surface area contributed by atoms with E-state index in [0.29, 0.717) is 31.4 Å². The highest BCUT2D eigenvalue weighted by Crippen LogP contribution is 2.51. The molecule has 0 bridgehead atoms. The van der Waals surface area contributed by atoms with E-state index in [0.717, 1.165) is 24.8 Å². The van der Waals surface area contributed by atoms with E-state index >= 15 is 0 Å². The maximum atomic E-state index is 13.5. The Hall–Kier alpha value is -1.97. The van der Waals surface area contributed by atoms with Gasteiger partial charge >= 0.3 is 0 Å². The molecule has 1 heterocycles. The molecule has 1 spiro atoms. The predicted octanol–water partition coefficient (Wildman–Crippen LogP) is 3.96. The Labute approximate surface area is 189 Å². The predicted molar refractivity (Wildman–Crippen MR) is 122 cm³/mol. The minimum Gasteiger partial charge on any atom is -0.339 e. The Morgan fingerprint density at radius 1 is 1.16 bits per heavy atom. The molecule has 8 nitrogen and oxygen atoms in total. The van der Waals surface area contributed by atoms with Gasteiger partial charge in [-0.3, -0.25) is 14.9 Å². The van der Waals surface area contributed by atoms with Crippen LogP contribution in [-0.4, -0.2) is 54.1 Å². The summed E-state index contributed by atoms with van der Waals surface area (Å²) in [5.74, 6) is -0.0223. The van der Waals surface area contributed by atoms with E-state index in [2.05, 4.69) is 0 Å². The molecule has 1 fully saturated rings. The van der Waals surface area contributed by atoms with Crippen molar-refractivity contribution in [2.24, 2.45) is 0 Å². The Bertz CT molecular complexity index is 969. The fourth-order valence-corrected chi connectivity index (χ4v) is 6.77. The van der Waals surface area contributed by atoms with Crippen molar-refractivity contribution in [3.05, 3.63) is 45.5 Å². The maximum Gasteiger partial charge on any atom is 0.269 e. The monoisotopic (exact) mass is 471 g/mol. The van der Waals surface area contributed by atoms with Gasteiger partial charge in [-0.2, -0.15) is 4.31 Å². The fourth-order valence-electron chi connectivity index (χ4n) is 4.74. The van der Waals surface area contributed by atoms with E-state index in [9.17, 15) is 23.3 Å². The number of hydrogen-bond donors (Lipinski definition) is 0. The van der Waals surface area contributed by atoms with Crippen LogP contribution >= 0.6 is 12.4 Å². The average Bonchev–Trinajstić information content (AvgIpc) is 2.90. The third-order valence-corrected chi connectivity index (χ3v) is 8.53. The van der Waals surface area contributed by atoms with Crippen LogP contribution in [0.1, 0.15) is 57.9 Å². The third kappa shape index (κ3) is 4.36. The number of sulfonamides is 1. The van der Waals surface area contributed by atoms with Gasteiger partial charge in [0.05, 0.1) is 15.4 Å². The van der Waals surface area contributed by atoms with Crippen LogP contribution < -0.4 is 0 Å². The summed E-state index contributed by atoms with van der Waals surface area (Å²) >= 11 is 0. The first kappa shape index (κ1) is 25.3. The maximum absolute atomic E-state index is 13.5. The lowest BCUT2D eigenvalue weighted by atomic mass is 9.75. The molecule has 1 aliphatic carbocycles. The summed E-state index contributed by atoms with van der Waals surface area (Å²) in [4.78, 5) is 24.9. The highest BCUT2D eigenvalue weighted by atomic mass is 35.5. The summed E-state index contributed by atoms with van der Waals surface area (Å²) < 4.78 is 28.6. The van der Waals surface area contributed by atoms with Crippen LogP contribution in [0.5, 0.6) is 0 Å². The minimum absolute atomic E-state index is 0. The quantitative estimate of drug-likeness (QED) is 0.461. The molecular formula is C21H30ClN3O5S. The normalized spacial score (nSPS) is 19.8. The molecule has 0 aromatic heterocycles. The van der Waals surface area contributed by atoms with Crippen LogP contribution in [0.25, 0.3) is 4.91 Å². The number of non-ortho nitro benzene ring substituents is 1. The molecule has 0 saturated heterocycles. The molecule has 31 heavy (non-hydrogen) atoms. The summed E-state index contributed by atoms with van der Waals surface area (Å²) in [5.41, 5.74) is 0.441. The average molecular weight is 472 g/mol. The van der Waals surface area contributed by atoms with Crippen molar-refractivity contribution in [1.29, 1.82) is 0 Å². The highest BCUT2D eigenvalue weighted by molar-refractivity contribution is 7.98. The number of rotatable bonds is 6. The lowest BCUT2D eigenvalue weighted by Crippen LogP contribution is -2.49. The van der Waals surface area contributed by atoms with Crippen molar-refractivity contribution in [2.45, 2.75) is 57.9 Å². The van der Waals surface area contributed by atoms with E-state index in [4.69, 9.17) is 0 Å². The van der Waals surface area contributed by atoms with E-state index < -0.39 is 20.5 Å². The molecule has 1 aromatic carbocycles. The zero-order valence-electron chi connectivity index (χ0n) is 18.2. The number of amides is 1. The molecule has 1 aliphatic heterocycles. The van der Waals surface area contributed by atoms with Gasteiger partial charge in [0.1, 0.15) is 0 Å². The smallest absolute Gasteiger partial charge is 0.269 e. The lowest BCUT2D eigenvalue weighted by molar-refractivity contribution is -0.384. The Morgan fingerprint density at radius 3 is 2.23 bits per heavy atom. The molecule has 1 saturated carbocycles. The van der Waals surface area contributed by atoms with Crippen LogP contribution in [0, 0.1) is 10.1 Å². The zero-order chi connectivity index (χ0) is 22.1. The number of nitro benzene ring substituents is 1. The number of likely N-dealkylation sites (N-methyl/N-ethyl adjacent to an activating group) is 2. The van der Waals surface area contributed by atoms with Crippen molar-refractivity contribution in [3.63, 3.8) is 0 Å². The number of carbonyl (C=O) groups excluding carboxylic acids is 1. The van der Waals surface area contributed by atoms with Crippen molar-refractivity contribution in [1.82, 2.24) is 9.21 Å². The van der Waals surface area contributed by atoms with Crippen LogP contribution in [0.4, 0.5) is 5.69 Å². The summed E-state index contributed by atoms with van der Waals surface area (Å²) in [7, 11) is -2.17. The van der Waals surface area contributed by atoms with Gasteiger partial charge in [-0.1, -0.05) is 26.2 Å². The Balaban J connectivity index is 0.00000341. The van der Waals surface area contributed by atoms with Gasteiger partial charge in [0, 0.05) is 38.7 Å². The van der Waals surface area contributed by atoms with Gasteiger partial charge in [0.15, 0.2) is 0 Å². The Morgan fingerprint density at radius 2 is 1.74 bits per heavy atom. The van der Waals surface area contributed by atoms with Gasteiger partial charge < -0.3 is 4.90 Å². The number of benzene rings is 1. The highest BCUT2D eigenvalue weighted by Gasteiger charge is 2.54. The van der Waals surface area contributed by atoms with Crippen LogP contribution in [0.2, 0.25) is 0 Å². The van der Waals surface area contributed by atoms with Crippen molar-refractivity contribution >= 4 is 38.9 Å². The molecule has 172 valence electrons. The van der Waals surface area contributed by atoms with Gasteiger partial charge in [0.2, 0.25) is 15.9 Å². The molecule has 0 N–H and O–H groups in total. The minimum atomic E-state index is -3.79. The molecule has 3 rings (SSSR count). The van der Waals surface area contributed by atoms with Crippen molar-refractivity contribution < 1.29 is 18.1 Å². The zero-order valence-corrected chi connectivity index (χ0v) is 19.8. The standard InChI is InChI=1S/C21H29N3O5S.ClH/c1-4-19(25)23(5-2)15-18-20(16-9-11-17(12-10-16)24(26)27)30(28,29)22(3)21(18)13-7-6-8-14-21;/h9-12H,4-8,13-15H2,1-3H3;1H. The third-order valence-electron chi connectivity index (χ3n) is 6.46. The first-order chi connectivity index (χ1) is 14.2. The van der Waals surface area contributed by atoms with Crippen molar-refractivity contribution in [3.8, 4) is 0 Å². The van der Waals surface area contributed by atoms with E-state index in [1.54, 1.807) is 18.9 Å². The van der Waals surface area contributed by atoms with E-state index in [1.807, 2.05) is 6.92 Å². The summed E-state index contributed by atoms with van der Waals surface area (Å²) in [5, 5.41) is 11.0. The summed E-state index contributed by atoms with van der Waals surface area (Å²) in [6.07, 6.45) is 4.68. The molecule has 0 unspecified atom stereocenters. The summed E-state index contributed by atoms with van der Waals surface area (Å²) in [6.45, 7) is 4.42. The van der Waals surface area contributed by atoms with E-state index in [-0.39, 0.29) is 35.5 Å². The molecule has 2 aliphatic rings. The van der Waals surface area contributed by atoms with Crippen molar-refractivity contribution in [2.75, 3.05) is 20.1 Å². The van der Waals surface area contributed by atoms with Gasteiger partial charge in [-0.25, -0.2) is 8.42 Å². The second kappa shape index (κ2) is 9.67. The molecule has 0 atom stereocenters. The topological polar surface area (TPSA) is 101 Å². The van der Waals surface area contributed by atoms with Crippen LogP contribution in [0.15, 0.2) is 29.8 Å². The molecular weight excluding hydrogens is 442 g/mol. The van der Waals surface area contributed by atoms with E-state index in [1.165, 1.54) is 28.6 Å². The van der Waals surface area contributed by atoms with Gasteiger partial charge in [0.25, 0.3) is 5.69 Å². The first-order valence-electron chi connectivity index (χ1n) is 10.4. The number of nitrogens with zero attached hydrogens (tertiary/aromatic N) is 3. The number of hydrogen-bond acceptors (Lipinski definition) is 5. The van der Waals surface area contributed by atoms with Gasteiger partial charge in [-0.05, 0) is 43.0 Å². The SMILES string of the molecule is CCC(=O)N(CC)CC1=C(c2ccc([N+](=O)[O-])cc2)S(=O)(=O)N(C)C12CCCCC2.Cl. The largest absolute Gasteiger partial charge is 0.339 e. The lowest BCUT2D eigenvalue weighted by Gasteiger charge is -2.41. The number of nitro groups is 1. The Kier molecular flexibility index (Phi) is 7.89. The summed E-state index contributed by atoms with van der Waals surface area (Å²) in [6, 6.07) is 5.66. The molecule has 1 aromatic rings. The second-order valence-electron chi connectivity index (χ2n) is 7.94. The fraction of sp³-hybridized carbons (Fsp3) is 0.571. The van der Waals surface area contributed by atoms with Crippen LogP contribution in [-0.2, 0) is 14.8 Å². The molecule has 10 heteroatoms. The number of halogens is 1. The first-order valence-corrected chi connectivity index (χ1v) is 11.9. The van der Waals surface area contributed by atoms with Crippen LogP contribution in [0.3, 0.4) is 0 Å².